The summed E-state index contributed by atoms with van der Waals surface area (Å²) >= 11 is 1.86. The maximum Gasteiger partial charge on any atom is 0.0662 e. The molecule has 1 saturated carbocycles. The van der Waals surface area contributed by atoms with Crippen LogP contribution in [0.25, 0.3) is 0 Å². The van der Waals surface area contributed by atoms with Crippen LogP contribution >= 0.6 is 11.8 Å². The van der Waals surface area contributed by atoms with Gasteiger partial charge in [-0.1, -0.05) is 30.5 Å². The summed E-state index contributed by atoms with van der Waals surface area (Å²) in [6.45, 7) is 4.28. The highest BCUT2D eigenvalue weighted by Crippen LogP contribution is 2.35. The first-order valence-electron chi connectivity index (χ1n) is 6.09. The molecular formula is C14H20OS. The van der Waals surface area contributed by atoms with Crippen LogP contribution in [0.5, 0.6) is 0 Å². The average Bonchev–Trinajstić information content (AvgIpc) is 2.27. The van der Waals surface area contributed by atoms with Crippen LogP contribution < -0.4 is 0 Å². The minimum atomic E-state index is -0.112. The van der Waals surface area contributed by atoms with Crippen molar-refractivity contribution >= 4 is 11.8 Å². The molecule has 1 N–H and O–H groups in total. The summed E-state index contributed by atoms with van der Waals surface area (Å²) in [4.78, 5) is 1.34. The van der Waals surface area contributed by atoms with Crippen molar-refractivity contribution in [3.8, 4) is 0 Å². The van der Waals surface area contributed by atoms with Crippen LogP contribution in [0.4, 0.5) is 0 Å². The van der Waals surface area contributed by atoms with Crippen LogP contribution in [0, 0.1) is 13.8 Å². The van der Waals surface area contributed by atoms with E-state index in [1.165, 1.54) is 28.9 Å². The molecule has 2 rings (SSSR count). The average molecular weight is 236 g/mol. The first-order chi connectivity index (χ1) is 7.66. The molecule has 0 heterocycles. The Morgan fingerprint density at radius 3 is 2.69 bits per heavy atom. The molecule has 1 fully saturated rings. The zero-order valence-electron chi connectivity index (χ0n) is 10.1. The smallest absolute Gasteiger partial charge is 0.0662 e. The molecule has 0 spiro atoms. The summed E-state index contributed by atoms with van der Waals surface area (Å²) in [5, 5.41) is 10.4. The lowest BCUT2D eigenvalue weighted by molar-refractivity contribution is 0.137. The van der Waals surface area contributed by atoms with Crippen molar-refractivity contribution in [1.29, 1.82) is 0 Å². The number of rotatable bonds is 2. The number of aliphatic hydroxyl groups is 1. The van der Waals surface area contributed by atoms with Crippen LogP contribution in [0.15, 0.2) is 23.1 Å². The largest absolute Gasteiger partial charge is 0.392 e. The molecule has 16 heavy (non-hydrogen) atoms. The van der Waals surface area contributed by atoms with Gasteiger partial charge in [0.15, 0.2) is 0 Å². The SMILES string of the molecule is Cc1ccc(C)c(S[C@H]2CCCC[C@@H]2O)c1. The van der Waals surface area contributed by atoms with Crippen LogP contribution in [-0.2, 0) is 0 Å². The first-order valence-corrected chi connectivity index (χ1v) is 6.97. The lowest BCUT2D eigenvalue weighted by Crippen LogP contribution is -2.26. The third-order valence-corrected chi connectivity index (χ3v) is 4.84. The molecule has 1 aliphatic rings. The van der Waals surface area contributed by atoms with Crippen molar-refractivity contribution < 1.29 is 5.11 Å². The number of thioether (sulfide) groups is 1. The first kappa shape index (κ1) is 12.0. The lowest BCUT2D eigenvalue weighted by Gasteiger charge is -2.27. The van der Waals surface area contributed by atoms with Gasteiger partial charge in [0.05, 0.1) is 6.10 Å². The molecule has 1 aliphatic carbocycles. The Morgan fingerprint density at radius 2 is 1.94 bits per heavy atom. The highest BCUT2D eigenvalue weighted by Gasteiger charge is 2.24. The second-order valence-electron chi connectivity index (χ2n) is 4.78. The number of hydrogen-bond donors (Lipinski definition) is 1. The van der Waals surface area contributed by atoms with E-state index in [2.05, 4.69) is 32.0 Å². The van der Waals surface area contributed by atoms with Crippen molar-refractivity contribution in [2.75, 3.05) is 0 Å². The molecule has 88 valence electrons. The van der Waals surface area contributed by atoms with E-state index in [-0.39, 0.29) is 6.10 Å². The standard InChI is InChI=1S/C14H20OS/c1-10-7-8-11(2)14(9-10)16-13-6-4-3-5-12(13)15/h7-9,12-13,15H,3-6H2,1-2H3/t12-,13-/m0/s1. The summed E-state index contributed by atoms with van der Waals surface area (Å²) < 4.78 is 0. The van der Waals surface area contributed by atoms with Crippen molar-refractivity contribution in [3.63, 3.8) is 0 Å². The summed E-state index contributed by atoms with van der Waals surface area (Å²) in [5.41, 5.74) is 2.63. The molecule has 0 bridgehead atoms. The lowest BCUT2D eigenvalue weighted by atomic mass is 9.97. The van der Waals surface area contributed by atoms with E-state index < -0.39 is 0 Å². The van der Waals surface area contributed by atoms with Gasteiger partial charge in [-0.05, 0) is 38.3 Å². The minimum Gasteiger partial charge on any atom is -0.392 e. The zero-order chi connectivity index (χ0) is 11.5. The predicted molar refractivity (Wildman–Crippen MR) is 70.0 cm³/mol. The van der Waals surface area contributed by atoms with E-state index >= 15 is 0 Å². The van der Waals surface area contributed by atoms with Crippen LogP contribution in [0.2, 0.25) is 0 Å². The van der Waals surface area contributed by atoms with Gasteiger partial charge in [0.1, 0.15) is 0 Å². The Labute approximate surface area is 102 Å². The van der Waals surface area contributed by atoms with Crippen molar-refractivity contribution in [2.24, 2.45) is 0 Å². The number of hydrogen-bond acceptors (Lipinski definition) is 2. The molecular weight excluding hydrogens is 216 g/mol. The fourth-order valence-electron chi connectivity index (χ4n) is 2.21. The summed E-state index contributed by atoms with van der Waals surface area (Å²) in [7, 11) is 0. The predicted octanol–water partition coefficient (Wildman–Crippen LogP) is 3.70. The Bertz CT molecular complexity index is 362. The molecule has 0 aliphatic heterocycles. The van der Waals surface area contributed by atoms with Gasteiger partial charge in [0.2, 0.25) is 0 Å². The molecule has 1 aromatic rings. The molecule has 0 aromatic heterocycles. The molecule has 2 heteroatoms. The molecule has 1 nitrogen and oxygen atoms in total. The fourth-order valence-corrected chi connectivity index (χ4v) is 3.62. The summed E-state index contributed by atoms with van der Waals surface area (Å²) in [5.74, 6) is 0. The zero-order valence-corrected chi connectivity index (χ0v) is 10.9. The highest BCUT2D eigenvalue weighted by atomic mass is 32.2. The Hall–Kier alpha value is -0.470. The van der Waals surface area contributed by atoms with Crippen LogP contribution in [0.3, 0.4) is 0 Å². The van der Waals surface area contributed by atoms with Gasteiger partial charge >= 0.3 is 0 Å². The monoisotopic (exact) mass is 236 g/mol. The van der Waals surface area contributed by atoms with Crippen LogP contribution in [-0.4, -0.2) is 16.5 Å². The Morgan fingerprint density at radius 1 is 1.19 bits per heavy atom. The highest BCUT2D eigenvalue weighted by molar-refractivity contribution is 8.00. The van der Waals surface area contributed by atoms with E-state index in [0.29, 0.717) is 5.25 Å². The second kappa shape index (κ2) is 5.24. The molecule has 2 atom stereocenters. The Kier molecular flexibility index (Phi) is 3.93. The Balaban J connectivity index is 2.10. The molecule has 0 amide bonds. The third-order valence-electron chi connectivity index (χ3n) is 3.29. The van der Waals surface area contributed by atoms with E-state index in [0.717, 1.165) is 12.8 Å². The number of benzene rings is 1. The van der Waals surface area contributed by atoms with Gasteiger partial charge in [0.25, 0.3) is 0 Å². The third kappa shape index (κ3) is 2.80. The van der Waals surface area contributed by atoms with Gasteiger partial charge in [-0.3, -0.25) is 0 Å². The van der Waals surface area contributed by atoms with Crippen LogP contribution in [0.1, 0.15) is 36.8 Å². The van der Waals surface area contributed by atoms with Gasteiger partial charge in [-0.15, -0.1) is 11.8 Å². The van der Waals surface area contributed by atoms with E-state index in [1.807, 2.05) is 11.8 Å². The molecule has 0 saturated heterocycles. The van der Waals surface area contributed by atoms with Gasteiger partial charge in [-0.2, -0.15) is 0 Å². The van der Waals surface area contributed by atoms with Crippen molar-refractivity contribution in [2.45, 2.75) is 55.8 Å². The van der Waals surface area contributed by atoms with Gasteiger partial charge in [-0.25, -0.2) is 0 Å². The fraction of sp³-hybridized carbons (Fsp3) is 0.571. The van der Waals surface area contributed by atoms with E-state index in [9.17, 15) is 5.11 Å². The second-order valence-corrected chi connectivity index (χ2v) is 6.06. The van der Waals surface area contributed by atoms with Gasteiger partial charge in [0, 0.05) is 10.1 Å². The topological polar surface area (TPSA) is 20.2 Å². The summed E-state index contributed by atoms with van der Waals surface area (Å²) in [6, 6.07) is 6.56. The molecule has 0 radical (unpaired) electrons. The van der Waals surface area contributed by atoms with Crippen molar-refractivity contribution in [1.82, 2.24) is 0 Å². The quantitative estimate of drug-likeness (QED) is 0.845. The summed E-state index contributed by atoms with van der Waals surface area (Å²) in [6.07, 6.45) is 4.46. The van der Waals surface area contributed by atoms with Crippen molar-refractivity contribution in [3.05, 3.63) is 29.3 Å². The minimum absolute atomic E-state index is 0.112. The maximum atomic E-state index is 9.97. The van der Waals surface area contributed by atoms with Gasteiger partial charge < -0.3 is 5.11 Å². The number of aryl methyl sites for hydroxylation is 2. The normalized spacial score (nSPS) is 25.7. The molecule has 0 unspecified atom stereocenters. The number of aliphatic hydroxyl groups excluding tert-OH is 1. The molecule has 1 aromatic carbocycles. The van der Waals surface area contributed by atoms with E-state index in [1.54, 1.807) is 0 Å². The maximum absolute atomic E-state index is 9.97. The van der Waals surface area contributed by atoms with E-state index in [4.69, 9.17) is 0 Å².